The zero-order chi connectivity index (χ0) is 29.8. The molecular weight excluding hydrogens is 544 g/mol. The third kappa shape index (κ3) is 12.6. The summed E-state index contributed by atoms with van der Waals surface area (Å²) >= 11 is 0. The molecule has 0 aliphatic carbocycles. The largest absolute Gasteiger partial charge is 0.490 e. The van der Waals surface area contributed by atoms with Crippen molar-refractivity contribution in [2.75, 3.05) is 25.0 Å². The lowest BCUT2D eigenvalue weighted by Crippen LogP contribution is -2.35. The average molecular weight is 569 g/mol. The van der Waals surface area contributed by atoms with Gasteiger partial charge in [-0.3, -0.25) is 19.8 Å². The number of benzene rings is 1. The molecule has 2 aromatic rings. The molecule has 0 atom stereocenters. The lowest BCUT2D eigenvalue weighted by molar-refractivity contribution is -0.192. The number of alkyl halides is 6. The summed E-state index contributed by atoms with van der Waals surface area (Å²) in [6.45, 7) is 2.01. The second-order valence-corrected chi connectivity index (χ2v) is 7.55. The van der Waals surface area contributed by atoms with Crippen LogP contribution < -0.4 is 27.4 Å². The number of nitrogens with zero attached hydrogens (tertiary/aromatic N) is 1. The summed E-state index contributed by atoms with van der Waals surface area (Å²) in [5, 5.41) is 19.4. The summed E-state index contributed by atoms with van der Waals surface area (Å²) in [5.41, 5.74) is 7.14. The van der Waals surface area contributed by atoms with E-state index in [0.717, 1.165) is 12.1 Å². The van der Waals surface area contributed by atoms with Gasteiger partial charge in [0.1, 0.15) is 0 Å². The molecule has 216 valence electrons. The number of aromatic amines is 1. The maximum atomic E-state index is 12.8. The number of amides is 1. The van der Waals surface area contributed by atoms with Crippen LogP contribution >= 0.6 is 0 Å². The highest BCUT2D eigenvalue weighted by molar-refractivity contribution is 5.78. The Labute approximate surface area is 216 Å². The summed E-state index contributed by atoms with van der Waals surface area (Å²) in [6, 6.07) is 4.94. The van der Waals surface area contributed by atoms with E-state index in [4.69, 9.17) is 25.9 Å². The molecule has 0 saturated carbocycles. The van der Waals surface area contributed by atoms with Gasteiger partial charge in [0.2, 0.25) is 11.9 Å². The number of nitrogens with one attached hydrogen (secondary N) is 5. The second kappa shape index (κ2) is 14.6. The molecule has 39 heavy (non-hydrogen) atoms. The highest BCUT2D eigenvalue weighted by Crippen LogP contribution is 2.29. The quantitative estimate of drug-likeness (QED) is 0.0729. The number of carbonyl (C=O) groups is 2. The molecule has 18 heteroatoms. The van der Waals surface area contributed by atoms with Crippen LogP contribution in [0, 0.1) is 12.3 Å². The molecule has 0 spiro atoms. The number of aliphatic carboxylic acids is 1. The van der Waals surface area contributed by atoms with Crippen molar-refractivity contribution >= 4 is 23.7 Å². The molecular formula is C21H25F6N7O5. The van der Waals surface area contributed by atoms with Crippen LogP contribution in [0.2, 0.25) is 0 Å². The molecule has 0 unspecified atom stereocenters. The Morgan fingerprint density at radius 1 is 1.18 bits per heavy atom. The minimum absolute atomic E-state index is 0.0284. The molecule has 0 aliphatic heterocycles. The molecule has 0 bridgehead atoms. The van der Waals surface area contributed by atoms with Gasteiger partial charge in [-0.1, -0.05) is 18.2 Å². The molecule has 1 aromatic heterocycles. The zero-order valence-electron chi connectivity index (χ0n) is 20.2. The van der Waals surface area contributed by atoms with E-state index < -0.39 is 29.4 Å². The second-order valence-electron chi connectivity index (χ2n) is 7.55. The number of guanidine groups is 1. The fourth-order valence-electron chi connectivity index (χ4n) is 2.68. The number of hydroxylamine groups is 1. The molecule has 1 aromatic carbocycles. The van der Waals surface area contributed by atoms with E-state index >= 15 is 0 Å². The minimum atomic E-state index is -5.08. The number of hydrogen-bond acceptors (Lipinski definition) is 7. The van der Waals surface area contributed by atoms with E-state index in [1.165, 1.54) is 6.07 Å². The maximum Gasteiger partial charge on any atom is 0.490 e. The van der Waals surface area contributed by atoms with Crippen molar-refractivity contribution in [2.45, 2.75) is 32.1 Å². The number of nitrogens with two attached hydrogens (primary N) is 1. The Balaban J connectivity index is 0.000000956. The van der Waals surface area contributed by atoms with Crippen molar-refractivity contribution < 1.29 is 45.9 Å². The first-order chi connectivity index (χ1) is 18.0. The van der Waals surface area contributed by atoms with Crippen molar-refractivity contribution in [3.05, 3.63) is 57.1 Å². The standard InChI is InChI=1S/C19H24F3N7O3.C2HF3O2/c1-11-14(10-15(30)25-7-8-32-29-18(23)24)28-16(17(31)27-11)26-6-5-12-3-2-4-13(9-12)19(20,21)22;3-2(4,5)1(6)7/h2-4,9H,5-8,10H2,1H3,(H,25,30)(H,26,28)(H,27,31)(H4,23,24,29);(H,6,7). The normalized spacial score (nSPS) is 11.2. The van der Waals surface area contributed by atoms with Gasteiger partial charge in [-0.2, -0.15) is 26.3 Å². The van der Waals surface area contributed by atoms with Crippen molar-refractivity contribution in [3.63, 3.8) is 0 Å². The van der Waals surface area contributed by atoms with Crippen LogP contribution in [0.4, 0.5) is 32.2 Å². The molecule has 8 N–H and O–H groups in total. The molecule has 12 nitrogen and oxygen atoms in total. The van der Waals surface area contributed by atoms with Gasteiger partial charge in [0.25, 0.3) is 5.56 Å². The number of H-pyrrole nitrogens is 1. The third-order valence-corrected chi connectivity index (χ3v) is 4.44. The Hall–Kier alpha value is -4.35. The van der Waals surface area contributed by atoms with Crippen molar-refractivity contribution in [1.29, 1.82) is 5.41 Å². The van der Waals surface area contributed by atoms with Gasteiger partial charge in [-0.05, 0) is 25.0 Å². The minimum Gasteiger partial charge on any atom is -0.475 e. The fraction of sp³-hybridized carbons (Fsp3) is 0.381. The van der Waals surface area contributed by atoms with Gasteiger partial charge in [-0.15, -0.1) is 0 Å². The van der Waals surface area contributed by atoms with Crippen LogP contribution in [0.5, 0.6) is 0 Å². The van der Waals surface area contributed by atoms with E-state index in [2.05, 4.69) is 26.1 Å². The monoisotopic (exact) mass is 569 g/mol. The predicted octanol–water partition coefficient (Wildman–Crippen LogP) is 1.46. The van der Waals surface area contributed by atoms with Gasteiger partial charge in [0.15, 0.2) is 5.82 Å². The van der Waals surface area contributed by atoms with E-state index in [9.17, 15) is 35.9 Å². The smallest absolute Gasteiger partial charge is 0.475 e. The highest BCUT2D eigenvalue weighted by atomic mass is 19.4. The lowest BCUT2D eigenvalue weighted by Gasteiger charge is -2.11. The van der Waals surface area contributed by atoms with Crippen LogP contribution in [-0.4, -0.2) is 58.8 Å². The van der Waals surface area contributed by atoms with Crippen LogP contribution in [0.25, 0.3) is 0 Å². The number of hydrogen-bond donors (Lipinski definition) is 7. The molecule has 0 fully saturated rings. The fourth-order valence-corrected chi connectivity index (χ4v) is 2.68. The Kier molecular flexibility index (Phi) is 12.2. The van der Waals surface area contributed by atoms with Crippen LogP contribution in [-0.2, 0) is 33.4 Å². The first-order valence-corrected chi connectivity index (χ1v) is 10.8. The SMILES string of the molecule is Cc1[nH]c(=O)c(NCCc2cccc(C(F)(F)F)c2)nc1CC(=O)NCCONC(=N)N.O=C(O)C(F)(F)F. The van der Waals surface area contributed by atoms with Gasteiger partial charge in [0.05, 0.1) is 24.3 Å². The molecule has 1 heterocycles. The Morgan fingerprint density at radius 3 is 2.38 bits per heavy atom. The zero-order valence-corrected chi connectivity index (χ0v) is 20.2. The van der Waals surface area contributed by atoms with Crippen LogP contribution in [0.3, 0.4) is 0 Å². The number of carboxylic acids is 1. The number of carbonyl (C=O) groups excluding carboxylic acids is 1. The number of aromatic nitrogens is 2. The van der Waals surface area contributed by atoms with E-state index in [-0.39, 0.29) is 50.2 Å². The highest BCUT2D eigenvalue weighted by Gasteiger charge is 2.38. The predicted molar refractivity (Wildman–Crippen MR) is 125 cm³/mol. The lowest BCUT2D eigenvalue weighted by atomic mass is 10.1. The number of halogens is 6. The van der Waals surface area contributed by atoms with Crippen molar-refractivity contribution in [3.8, 4) is 0 Å². The number of aryl methyl sites for hydroxylation is 1. The third-order valence-electron chi connectivity index (χ3n) is 4.44. The summed E-state index contributed by atoms with van der Waals surface area (Å²) in [7, 11) is 0. The molecule has 0 radical (unpaired) electrons. The van der Waals surface area contributed by atoms with E-state index in [1.54, 1.807) is 13.0 Å². The van der Waals surface area contributed by atoms with Crippen LogP contribution in [0.15, 0.2) is 29.1 Å². The summed E-state index contributed by atoms with van der Waals surface area (Å²) in [6.07, 6.45) is -9.38. The summed E-state index contributed by atoms with van der Waals surface area (Å²) in [4.78, 5) is 44.7. The average Bonchev–Trinajstić information content (AvgIpc) is 2.81. The Morgan fingerprint density at radius 2 is 1.82 bits per heavy atom. The maximum absolute atomic E-state index is 12.8. The van der Waals surface area contributed by atoms with Crippen molar-refractivity contribution in [2.24, 2.45) is 5.73 Å². The van der Waals surface area contributed by atoms with Gasteiger partial charge < -0.3 is 26.5 Å². The molecule has 0 saturated heterocycles. The van der Waals surface area contributed by atoms with Crippen molar-refractivity contribution in [1.82, 2.24) is 20.8 Å². The molecule has 0 aliphatic rings. The summed E-state index contributed by atoms with van der Waals surface area (Å²) in [5.74, 6) is -3.52. The number of rotatable bonds is 10. The first kappa shape index (κ1) is 32.7. The van der Waals surface area contributed by atoms with E-state index in [1.807, 2.05) is 0 Å². The molecule has 1 amide bonds. The van der Waals surface area contributed by atoms with Gasteiger partial charge in [0, 0.05) is 18.8 Å². The molecule has 2 rings (SSSR count). The number of anilines is 1. The summed E-state index contributed by atoms with van der Waals surface area (Å²) < 4.78 is 70.2. The number of carboxylic acid groups (broad SMARTS) is 1. The van der Waals surface area contributed by atoms with Gasteiger partial charge in [-0.25, -0.2) is 15.3 Å². The Bertz CT molecular complexity index is 1200. The topological polar surface area (TPSA) is 195 Å². The van der Waals surface area contributed by atoms with Crippen LogP contribution in [0.1, 0.15) is 22.5 Å². The van der Waals surface area contributed by atoms with E-state index in [0.29, 0.717) is 17.0 Å². The first-order valence-electron chi connectivity index (χ1n) is 10.8. The van der Waals surface area contributed by atoms with Gasteiger partial charge >= 0.3 is 18.3 Å².